The number of anilines is 1. The van der Waals surface area contributed by atoms with Crippen molar-refractivity contribution < 1.29 is 8.78 Å². The first-order valence-corrected chi connectivity index (χ1v) is 6.21. The van der Waals surface area contributed by atoms with Crippen molar-refractivity contribution in [3.05, 3.63) is 46.6 Å². The first-order valence-electron chi connectivity index (χ1n) is 5.84. The number of hydrogen-bond donors (Lipinski definition) is 2. The van der Waals surface area contributed by atoms with Gasteiger partial charge in [-0.3, -0.25) is 0 Å². The molecule has 2 heterocycles. The molecule has 0 aliphatic heterocycles. The van der Waals surface area contributed by atoms with E-state index in [9.17, 15) is 8.78 Å². The molecule has 2 aromatic heterocycles. The molecule has 4 nitrogen and oxygen atoms in total. The molecule has 0 amide bonds. The van der Waals surface area contributed by atoms with Crippen LogP contribution in [0.2, 0.25) is 5.02 Å². The topological polar surface area (TPSA) is 78.5 Å². The number of nitrogens with two attached hydrogens (primary N) is 1. The maximum absolute atomic E-state index is 13.8. The van der Waals surface area contributed by atoms with Gasteiger partial charge < -0.3 is 10.7 Å². The molecule has 0 spiro atoms. The first-order chi connectivity index (χ1) is 10.0. The van der Waals surface area contributed by atoms with Crippen LogP contribution in [0, 0.1) is 23.0 Å². The molecule has 0 radical (unpaired) electrons. The molecule has 7 heteroatoms. The monoisotopic (exact) mass is 304 g/mol. The van der Waals surface area contributed by atoms with E-state index in [1.165, 1.54) is 18.3 Å². The number of aromatic amines is 1. The van der Waals surface area contributed by atoms with Gasteiger partial charge in [-0.05, 0) is 18.2 Å². The van der Waals surface area contributed by atoms with Crippen LogP contribution in [0.15, 0.2) is 24.4 Å². The molecule has 104 valence electrons. The minimum atomic E-state index is -0.778. The number of nitriles is 1. The highest BCUT2D eigenvalue weighted by atomic mass is 35.5. The van der Waals surface area contributed by atoms with Gasteiger partial charge in [0.05, 0.1) is 16.8 Å². The Morgan fingerprint density at radius 2 is 2.00 bits per heavy atom. The van der Waals surface area contributed by atoms with Crippen LogP contribution in [0.25, 0.3) is 22.2 Å². The Hall–Kier alpha value is -2.65. The van der Waals surface area contributed by atoms with E-state index in [0.29, 0.717) is 10.9 Å². The molecular weight excluding hydrogens is 298 g/mol. The Morgan fingerprint density at radius 3 is 2.71 bits per heavy atom. The van der Waals surface area contributed by atoms with Crippen molar-refractivity contribution in [1.29, 1.82) is 5.26 Å². The molecule has 0 aliphatic rings. The lowest BCUT2D eigenvalue weighted by Crippen LogP contribution is -1.99. The van der Waals surface area contributed by atoms with Crippen molar-refractivity contribution in [1.82, 2.24) is 9.97 Å². The largest absolute Gasteiger partial charge is 0.381 e. The summed E-state index contributed by atoms with van der Waals surface area (Å²) in [6.45, 7) is 0. The average Bonchev–Trinajstić information content (AvgIpc) is 2.85. The lowest BCUT2D eigenvalue weighted by atomic mass is 10.1. The van der Waals surface area contributed by atoms with Crippen LogP contribution in [-0.2, 0) is 0 Å². The smallest absolute Gasteiger partial charge is 0.166 e. The first kappa shape index (κ1) is 13.3. The summed E-state index contributed by atoms with van der Waals surface area (Å²) >= 11 is 5.85. The van der Waals surface area contributed by atoms with Crippen molar-refractivity contribution >= 4 is 28.3 Å². The van der Waals surface area contributed by atoms with Gasteiger partial charge in [-0.25, -0.2) is 13.8 Å². The number of nitrogens with zero attached hydrogens (tertiary/aromatic N) is 2. The zero-order valence-electron chi connectivity index (χ0n) is 10.4. The van der Waals surface area contributed by atoms with Gasteiger partial charge >= 0.3 is 0 Å². The number of pyridine rings is 1. The number of rotatable bonds is 1. The normalized spacial score (nSPS) is 10.8. The number of hydrogen-bond acceptors (Lipinski definition) is 3. The van der Waals surface area contributed by atoms with Crippen molar-refractivity contribution in [3.8, 4) is 17.3 Å². The van der Waals surface area contributed by atoms with E-state index in [1.54, 1.807) is 0 Å². The fourth-order valence-electron chi connectivity index (χ4n) is 2.14. The summed E-state index contributed by atoms with van der Waals surface area (Å²) in [7, 11) is 0. The van der Waals surface area contributed by atoms with Crippen molar-refractivity contribution in [3.63, 3.8) is 0 Å². The second-order valence-electron chi connectivity index (χ2n) is 4.38. The van der Waals surface area contributed by atoms with Gasteiger partial charge in [0, 0.05) is 22.2 Å². The van der Waals surface area contributed by atoms with E-state index in [4.69, 9.17) is 22.6 Å². The molecule has 0 aliphatic carbocycles. The van der Waals surface area contributed by atoms with Gasteiger partial charge in [0.15, 0.2) is 11.6 Å². The molecule has 0 saturated carbocycles. The number of benzene rings is 1. The lowest BCUT2D eigenvalue weighted by Gasteiger charge is -2.05. The third-order valence-electron chi connectivity index (χ3n) is 3.08. The van der Waals surface area contributed by atoms with Crippen molar-refractivity contribution in [2.24, 2.45) is 0 Å². The van der Waals surface area contributed by atoms with E-state index in [0.717, 1.165) is 6.07 Å². The van der Waals surface area contributed by atoms with E-state index in [1.807, 2.05) is 6.07 Å². The summed E-state index contributed by atoms with van der Waals surface area (Å²) in [5.74, 6) is -1.64. The van der Waals surface area contributed by atoms with E-state index in [-0.39, 0.29) is 27.6 Å². The minimum Gasteiger partial charge on any atom is -0.381 e. The maximum atomic E-state index is 13.8. The van der Waals surface area contributed by atoms with Gasteiger partial charge in [0.25, 0.3) is 0 Å². The molecule has 0 fully saturated rings. The van der Waals surface area contributed by atoms with Gasteiger partial charge in [0.1, 0.15) is 11.9 Å². The third-order valence-corrected chi connectivity index (χ3v) is 3.30. The van der Waals surface area contributed by atoms with Crippen LogP contribution < -0.4 is 5.73 Å². The summed E-state index contributed by atoms with van der Waals surface area (Å²) in [4.78, 5) is 6.64. The molecule has 0 saturated heterocycles. The quantitative estimate of drug-likeness (QED) is 0.720. The molecular formula is C14H7ClF2N4. The van der Waals surface area contributed by atoms with E-state index < -0.39 is 11.6 Å². The number of nitrogens with one attached hydrogen (secondary N) is 1. The summed E-state index contributed by atoms with van der Waals surface area (Å²) in [5, 5.41) is 9.75. The number of halogens is 3. The Balaban J connectivity index is 2.36. The Morgan fingerprint density at radius 1 is 1.24 bits per heavy atom. The molecule has 3 aromatic rings. The minimum absolute atomic E-state index is 0.00276. The second kappa shape index (κ2) is 4.72. The average molecular weight is 305 g/mol. The van der Waals surface area contributed by atoms with Crippen LogP contribution in [0.4, 0.5) is 14.6 Å². The summed E-state index contributed by atoms with van der Waals surface area (Å²) in [6, 6.07) is 5.55. The molecule has 21 heavy (non-hydrogen) atoms. The Bertz CT molecular complexity index is 911. The molecule has 1 aromatic carbocycles. The van der Waals surface area contributed by atoms with E-state index >= 15 is 0 Å². The van der Waals surface area contributed by atoms with Crippen molar-refractivity contribution in [2.45, 2.75) is 0 Å². The Labute approximate surface area is 122 Å². The Kier molecular flexibility index (Phi) is 3.00. The SMILES string of the molecule is N#Cc1cc(F)c(N)nc1-c1c[nH]c2c(F)cc(Cl)cc12. The molecule has 0 atom stereocenters. The highest BCUT2D eigenvalue weighted by Gasteiger charge is 2.17. The van der Waals surface area contributed by atoms with Gasteiger partial charge in [-0.1, -0.05) is 11.6 Å². The number of H-pyrrole nitrogens is 1. The van der Waals surface area contributed by atoms with Crippen LogP contribution in [0.1, 0.15) is 5.56 Å². The fraction of sp³-hybridized carbons (Fsp3) is 0. The maximum Gasteiger partial charge on any atom is 0.166 e. The summed E-state index contributed by atoms with van der Waals surface area (Å²) in [5.41, 5.74) is 6.27. The number of fused-ring (bicyclic) bond motifs is 1. The summed E-state index contributed by atoms with van der Waals surface area (Å²) in [6.07, 6.45) is 1.48. The molecule has 0 bridgehead atoms. The van der Waals surface area contributed by atoms with Crippen LogP contribution in [0.3, 0.4) is 0 Å². The zero-order chi connectivity index (χ0) is 15.1. The second-order valence-corrected chi connectivity index (χ2v) is 4.81. The van der Waals surface area contributed by atoms with Gasteiger partial charge in [-0.15, -0.1) is 0 Å². The van der Waals surface area contributed by atoms with Crippen molar-refractivity contribution in [2.75, 3.05) is 5.73 Å². The third kappa shape index (κ3) is 2.08. The summed E-state index contributed by atoms with van der Waals surface area (Å²) < 4.78 is 27.2. The zero-order valence-corrected chi connectivity index (χ0v) is 11.2. The van der Waals surface area contributed by atoms with Crippen LogP contribution in [0.5, 0.6) is 0 Å². The van der Waals surface area contributed by atoms with Gasteiger partial charge in [0.2, 0.25) is 0 Å². The predicted molar refractivity (Wildman–Crippen MR) is 75.6 cm³/mol. The standard InChI is InChI=1S/C14H7ClF2N4/c15-7-2-8-9(5-20-13(8)10(16)3-7)12-6(4-18)1-11(17)14(19)21-12/h1-3,5,20H,(H2,19,21). The van der Waals surface area contributed by atoms with Crippen LogP contribution in [-0.4, -0.2) is 9.97 Å². The lowest BCUT2D eigenvalue weighted by molar-refractivity contribution is 0.627. The highest BCUT2D eigenvalue weighted by molar-refractivity contribution is 6.31. The van der Waals surface area contributed by atoms with Gasteiger partial charge in [-0.2, -0.15) is 5.26 Å². The highest BCUT2D eigenvalue weighted by Crippen LogP contribution is 2.33. The fourth-order valence-corrected chi connectivity index (χ4v) is 2.35. The number of aromatic nitrogens is 2. The molecule has 0 unspecified atom stereocenters. The van der Waals surface area contributed by atoms with E-state index in [2.05, 4.69) is 9.97 Å². The molecule has 3 N–H and O–H groups in total. The predicted octanol–water partition coefficient (Wildman–Crippen LogP) is 3.62. The number of nitrogen functional groups attached to an aromatic ring is 1. The van der Waals surface area contributed by atoms with Crippen LogP contribution >= 0.6 is 11.6 Å². The molecule has 3 rings (SSSR count).